The molecule has 0 fully saturated rings. The second kappa shape index (κ2) is 5.66. The number of anilines is 1. The highest BCUT2D eigenvalue weighted by Crippen LogP contribution is 2.39. The normalized spacial score (nSPS) is 18.5. The highest BCUT2D eigenvalue weighted by Gasteiger charge is 2.22. The Kier molecular flexibility index (Phi) is 3.89. The lowest BCUT2D eigenvalue weighted by Crippen LogP contribution is -3.06. The molecular formula is C15H23N4S+. The molecule has 0 aliphatic heterocycles. The van der Waals surface area contributed by atoms with E-state index in [1.807, 2.05) is 11.3 Å². The molecule has 0 radical (unpaired) electrons. The van der Waals surface area contributed by atoms with Crippen LogP contribution in [0.2, 0.25) is 0 Å². The Morgan fingerprint density at radius 3 is 3.05 bits per heavy atom. The number of aryl methyl sites for hydroxylation is 1. The maximum atomic E-state index is 4.48. The van der Waals surface area contributed by atoms with Crippen LogP contribution in [0, 0.1) is 5.92 Å². The van der Waals surface area contributed by atoms with Gasteiger partial charge in [-0.1, -0.05) is 6.92 Å². The smallest absolute Gasteiger partial charge is 0.138 e. The van der Waals surface area contributed by atoms with E-state index in [0.29, 0.717) is 0 Å². The third-order valence-corrected chi connectivity index (χ3v) is 5.17. The molecule has 5 heteroatoms. The van der Waals surface area contributed by atoms with Crippen molar-refractivity contribution in [2.24, 2.45) is 5.92 Å². The largest absolute Gasteiger partial charge is 0.364 e. The van der Waals surface area contributed by atoms with Gasteiger partial charge >= 0.3 is 0 Å². The van der Waals surface area contributed by atoms with Gasteiger partial charge in [-0.15, -0.1) is 11.3 Å². The summed E-state index contributed by atoms with van der Waals surface area (Å²) >= 11 is 1.86. The quantitative estimate of drug-likeness (QED) is 0.894. The third-order valence-electron chi connectivity index (χ3n) is 4.01. The molecule has 0 unspecified atom stereocenters. The van der Waals surface area contributed by atoms with Crippen molar-refractivity contribution in [3.63, 3.8) is 0 Å². The maximum Gasteiger partial charge on any atom is 0.138 e. The Bertz CT molecular complexity index is 605. The molecule has 0 spiro atoms. The van der Waals surface area contributed by atoms with Crippen molar-refractivity contribution in [2.75, 3.05) is 32.5 Å². The molecule has 108 valence electrons. The van der Waals surface area contributed by atoms with Gasteiger partial charge < -0.3 is 10.2 Å². The van der Waals surface area contributed by atoms with Gasteiger partial charge in [-0.25, -0.2) is 9.97 Å². The molecule has 1 aliphatic carbocycles. The van der Waals surface area contributed by atoms with E-state index in [9.17, 15) is 0 Å². The molecule has 4 nitrogen and oxygen atoms in total. The summed E-state index contributed by atoms with van der Waals surface area (Å²) in [5.74, 6) is 1.83. The number of thiophene rings is 1. The highest BCUT2D eigenvalue weighted by molar-refractivity contribution is 7.19. The minimum absolute atomic E-state index is 0.803. The van der Waals surface area contributed by atoms with Crippen molar-refractivity contribution in [1.29, 1.82) is 0 Å². The minimum Gasteiger partial charge on any atom is -0.364 e. The van der Waals surface area contributed by atoms with E-state index in [4.69, 9.17) is 0 Å². The van der Waals surface area contributed by atoms with Gasteiger partial charge in [0.15, 0.2) is 0 Å². The van der Waals surface area contributed by atoms with E-state index in [-0.39, 0.29) is 0 Å². The zero-order valence-electron chi connectivity index (χ0n) is 12.5. The highest BCUT2D eigenvalue weighted by atomic mass is 32.1. The lowest BCUT2D eigenvalue weighted by molar-refractivity contribution is -0.856. The van der Waals surface area contributed by atoms with E-state index < -0.39 is 0 Å². The summed E-state index contributed by atoms with van der Waals surface area (Å²) in [7, 11) is 4.34. The molecule has 20 heavy (non-hydrogen) atoms. The van der Waals surface area contributed by atoms with Gasteiger partial charge in [-0.3, -0.25) is 0 Å². The van der Waals surface area contributed by atoms with E-state index in [1.165, 1.54) is 40.0 Å². The van der Waals surface area contributed by atoms with Gasteiger partial charge in [0.25, 0.3) is 0 Å². The molecule has 2 N–H and O–H groups in total. The first-order valence-electron chi connectivity index (χ1n) is 7.43. The minimum atomic E-state index is 0.803. The number of nitrogens with zero attached hydrogens (tertiary/aromatic N) is 2. The van der Waals surface area contributed by atoms with E-state index in [0.717, 1.165) is 29.7 Å². The van der Waals surface area contributed by atoms with Crippen LogP contribution < -0.4 is 10.2 Å². The number of rotatable bonds is 4. The second-order valence-corrected chi connectivity index (χ2v) is 7.22. The lowest BCUT2D eigenvalue weighted by atomic mass is 9.89. The van der Waals surface area contributed by atoms with Crippen LogP contribution in [0.15, 0.2) is 6.33 Å². The van der Waals surface area contributed by atoms with Crippen LogP contribution in [0.3, 0.4) is 0 Å². The topological polar surface area (TPSA) is 42.2 Å². The van der Waals surface area contributed by atoms with Gasteiger partial charge in [0, 0.05) is 4.88 Å². The Morgan fingerprint density at radius 1 is 1.40 bits per heavy atom. The fourth-order valence-electron chi connectivity index (χ4n) is 2.84. The number of hydrogen-bond acceptors (Lipinski definition) is 4. The average Bonchev–Trinajstić information content (AvgIpc) is 2.76. The monoisotopic (exact) mass is 291 g/mol. The second-order valence-electron chi connectivity index (χ2n) is 6.14. The van der Waals surface area contributed by atoms with Crippen LogP contribution in [-0.2, 0) is 12.8 Å². The van der Waals surface area contributed by atoms with Gasteiger partial charge in [0.1, 0.15) is 17.0 Å². The SMILES string of the molecule is C[C@H]1CCc2c(sc3ncnc(NCC[NH+](C)C)c23)C1. The van der Waals surface area contributed by atoms with Crippen LogP contribution in [-0.4, -0.2) is 37.2 Å². The first kappa shape index (κ1) is 13.8. The van der Waals surface area contributed by atoms with Crippen molar-refractivity contribution >= 4 is 27.4 Å². The predicted molar refractivity (Wildman–Crippen MR) is 84.8 cm³/mol. The number of likely N-dealkylation sites (N-methyl/N-ethyl adjacent to an activating group) is 1. The third kappa shape index (κ3) is 2.65. The number of aromatic nitrogens is 2. The molecule has 3 rings (SSSR count). The summed E-state index contributed by atoms with van der Waals surface area (Å²) in [5.41, 5.74) is 1.50. The first-order chi connectivity index (χ1) is 9.65. The molecular weight excluding hydrogens is 268 g/mol. The molecule has 0 amide bonds. The molecule has 1 atom stereocenters. The van der Waals surface area contributed by atoms with Crippen molar-refractivity contribution in [3.8, 4) is 0 Å². The summed E-state index contributed by atoms with van der Waals surface area (Å²) in [6, 6.07) is 0. The molecule has 0 saturated carbocycles. The van der Waals surface area contributed by atoms with Crippen molar-refractivity contribution in [3.05, 3.63) is 16.8 Å². The lowest BCUT2D eigenvalue weighted by Gasteiger charge is -2.18. The fourth-order valence-corrected chi connectivity index (χ4v) is 4.19. The molecule has 2 aromatic heterocycles. The van der Waals surface area contributed by atoms with Crippen LogP contribution >= 0.6 is 11.3 Å². The molecule has 2 heterocycles. The van der Waals surface area contributed by atoms with E-state index in [1.54, 1.807) is 6.33 Å². The summed E-state index contributed by atoms with van der Waals surface area (Å²) in [6.45, 7) is 4.39. The van der Waals surface area contributed by atoms with Crippen LogP contribution in [0.4, 0.5) is 5.82 Å². The van der Waals surface area contributed by atoms with Crippen LogP contribution in [0.25, 0.3) is 10.2 Å². The van der Waals surface area contributed by atoms with Crippen LogP contribution in [0.5, 0.6) is 0 Å². The molecule has 0 aromatic carbocycles. The summed E-state index contributed by atoms with van der Waals surface area (Å²) < 4.78 is 0. The summed E-state index contributed by atoms with van der Waals surface area (Å²) in [6.07, 6.45) is 5.36. The first-order valence-corrected chi connectivity index (χ1v) is 8.25. The Labute approximate surface area is 124 Å². The molecule has 0 saturated heterocycles. The number of fused-ring (bicyclic) bond motifs is 3. The zero-order valence-corrected chi connectivity index (χ0v) is 13.3. The van der Waals surface area contributed by atoms with Crippen molar-refractivity contribution < 1.29 is 4.90 Å². The van der Waals surface area contributed by atoms with E-state index in [2.05, 4.69) is 36.3 Å². The Balaban J connectivity index is 1.92. The number of hydrogen-bond donors (Lipinski definition) is 2. The number of nitrogens with one attached hydrogen (secondary N) is 2. The van der Waals surface area contributed by atoms with Crippen molar-refractivity contribution in [1.82, 2.24) is 9.97 Å². The van der Waals surface area contributed by atoms with Gasteiger partial charge in [-0.05, 0) is 30.7 Å². The van der Waals surface area contributed by atoms with E-state index >= 15 is 0 Å². The van der Waals surface area contributed by atoms with Gasteiger partial charge in [0.05, 0.1) is 32.6 Å². The predicted octanol–water partition coefficient (Wildman–Crippen LogP) is 1.37. The summed E-state index contributed by atoms with van der Waals surface area (Å²) in [4.78, 5) is 13.1. The zero-order chi connectivity index (χ0) is 14.1. The average molecular weight is 291 g/mol. The summed E-state index contributed by atoms with van der Waals surface area (Å²) in [5, 5.41) is 4.79. The maximum absolute atomic E-state index is 4.48. The van der Waals surface area contributed by atoms with Gasteiger partial charge in [0.2, 0.25) is 0 Å². The Morgan fingerprint density at radius 2 is 2.25 bits per heavy atom. The standard InChI is InChI=1S/C15H22N4S/c1-10-4-5-11-12(8-10)20-15-13(11)14(17-9-18-15)16-6-7-19(2)3/h9-10H,4-8H2,1-3H3,(H,16,17,18)/p+1/t10-/m0/s1. The fraction of sp³-hybridized carbons (Fsp3) is 0.600. The number of quaternary nitrogens is 1. The Hall–Kier alpha value is -1.20. The molecule has 0 bridgehead atoms. The van der Waals surface area contributed by atoms with Crippen LogP contribution in [0.1, 0.15) is 23.8 Å². The molecule has 2 aromatic rings. The van der Waals surface area contributed by atoms with Gasteiger partial charge in [-0.2, -0.15) is 0 Å². The molecule has 1 aliphatic rings. The van der Waals surface area contributed by atoms with Crippen molar-refractivity contribution in [2.45, 2.75) is 26.2 Å².